The number of likely N-dealkylation sites (N-methyl/N-ethyl adjacent to an activating group) is 1. The predicted octanol–water partition coefficient (Wildman–Crippen LogP) is 2.39. The number of carbonyl (C=O) groups excluding carboxylic acids is 1. The molecule has 2 saturated carbocycles. The summed E-state index contributed by atoms with van der Waals surface area (Å²) in [7, 11) is 0. The van der Waals surface area contributed by atoms with E-state index in [-0.39, 0.29) is 16.9 Å². The Hall–Kier alpha value is -0.610. The largest absolute Gasteiger partial charge is 0.349 e. The number of fused-ring (bicyclic) bond motifs is 2. The van der Waals surface area contributed by atoms with Gasteiger partial charge in [-0.3, -0.25) is 9.69 Å². The molecule has 2 aliphatic carbocycles. The molecule has 1 amide bonds. The predicted molar refractivity (Wildman–Crippen MR) is 94.3 cm³/mol. The van der Waals surface area contributed by atoms with E-state index >= 15 is 0 Å². The van der Waals surface area contributed by atoms with Crippen LogP contribution >= 0.6 is 0 Å². The van der Waals surface area contributed by atoms with Crippen molar-refractivity contribution >= 4 is 5.91 Å². The molecule has 3 rings (SSSR count). The second kappa shape index (κ2) is 6.36. The first-order valence-electron chi connectivity index (χ1n) is 9.64. The van der Waals surface area contributed by atoms with E-state index in [0.717, 1.165) is 19.0 Å². The van der Waals surface area contributed by atoms with Gasteiger partial charge in [-0.1, -0.05) is 20.8 Å². The molecular formula is C19H35N3O. The van der Waals surface area contributed by atoms with Gasteiger partial charge in [0, 0.05) is 18.1 Å². The fourth-order valence-electron chi connectivity index (χ4n) is 5.60. The second-order valence-corrected chi connectivity index (χ2v) is 8.73. The third-order valence-corrected chi connectivity index (χ3v) is 7.58. The van der Waals surface area contributed by atoms with E-state index in [1.165, 1.54) is 38.6 Å². The quantitative estimate of drug-likeness (QED) is 0.789. The molecule has 4 nitrogen and oxygen atoms in total. The van der Waals surface area contributed by atoms with Crippen LogP contribution in [0.3, 0.4) is 0 Å². The average molecular weight is 322 g/mol. The molecule has 0 aromatic heterocycles. The smallest absolute Gasteiger partial charge is 0.234 e. The zero-order valence-electron chi connectivity index (χ0n) is 15.5. The van der Waals surface area contributed by atoms with Crippen LogP contribution in [0.25, 0.3) is 0 Å². The lowest BCUT2D eigenvalue weighted by Crippen LogP contribution is -2.60. The summed E-state index contributed by atoms with van der Waals surface area (Å²) in [4.78, 5) is 15.0. The number of likely N-dealkylation sites (tertiary alicyclic amines) is 1. The van der Waals surface area contributed by atoms with Crippen LogP contribution in [0, 0.1) is 17.3 Å². The monoisotopic (exact) mass is 321 g/mol. The Morgan fingerprint density at radius 3 is 2.57 bits per heavy atom. The summed E-state index contributed by atoms with van der Waals surface area (Å²) in [6.45, 7) is 12.9. The molecule has 1 aliphatic heterocycles. The number of hydrogen-bond donors (Lipinski definition) is 2. The van der Waals surface area contributed by atoms with Gasteiger partial charge < -0.3 is 10.6 Å². The van der Waals surface area contributed by atoms with Gasteiger partial charge in [0.1, 0.15) is 0 Å². The Kier molecular flexibility index (Phi) is 4.76. The highest BCUT2D eigenvalue weighted by Crippen LogP contribution is 2.61. The summed E-state index contributed by atoms with van der Waals surface area (Å²) >= 11 is 0. The van der Waals surface area contributed by atoms with Crippen LogP contribution in [0.15, 0.2) is 0 Å². The molecule has 0 unspecified atom stereocenters. The summed E-state index contributed by atoms with van der Waals surface area (Å²) in [5.74, 6) is 1.62. The minimum atomic E-state index is -0.0303. The molecule has 1 saturated heterocycles. The number of amides is 1. The van der Waals surface area contributed by atoms with Crippen LogP contribution in [0.1, 0.15) is 59.8 Å². The molecule has 0 aromatic carbocycles. The van der Waals surface area contributed by atoms with Gasteiger partial charge in [-0.2, -0.15) is 0 Å². The van der Waals surface area contributed by atoms with Crippen molar-refractivity contribution in [2.45, 2.75) is 71.4 Å². The Balaban J connectivity index is 1.48. The van der Waals surface area contributed by atoms with E-state index in [0.29, 0.717) is 18.5 Å². The standard InChI is InChI=1S/C19H35N3O/c1-5-22-10-6-7-16(22)12-20-13-17(23)21-19(4)15-9-8-14(11-15)18(19,2)3/h14-16,20H,5-13H2,1-4H3,(H,21,23)/t14-,15+,16+,19-/m1/s1. The number of carbonyl (C=O) groups is 1. The molecule has 0 spiro atoms. The lowest BCUT2D eigenvalue weighted by atomic mass is 9.64. The lowest BCUT2D eigenvalue weighted by Gasteiger charge is -2.48. The van der Waals surface area contributed by atoms with Crippen molar-refractivity contribution in [3.8, 4) is 0 Å². The van der Waals surface area contributed by atoms with Gasteiger partial charge in [0.25, 0.3) is 0 Å². The van der Waals surface area contributed by atoms with Gasteiger partial charge in [0.2, 0.25) is 5.91 Å². The molecule has 132 valence electrons. The molecule has 2 N–H and O–H groups in total. The lowest BCUT2D eigenvalue weighted by molar-refractivity contribution is -0.124. The van der Waals surface area contributed by atoms with Crippen LogP contribution in [0.5, 0.6) is 0 Å². The highest BCUT2D eigenvalue weighted by atomic mass is 16.2. The number of nitrogens with one attached hydrogen (secondary N) is 2. The molecule has 23 heavy (non-hydrogen) atoms. The van der Waals surface area contributed by atoms with Gasteiger partial charge >= 0.3 is 0 Å². The Bertz CT molecular complexity index is 450. The Labute approximate surface area is 141 Å². The molecule has 0 aromatic rings. The number of rotatable bonds is 6. The molecule has 1 heterocycles. The second-order valence-electron chi connectivity index (χ2n) is 8.73. The zero-order chi connectivity index (χ0) is 16.7. The maximum Gasteiger partial charge on any atom is 0.234 e. The normalized spacial score (nSPS) is 39.0. The van der Waals surface area contributed by atoms with E-state index < -0.39 is 0 Å². The topological polar surface area (TPSA) is 44.4 Å². The van der Waals surface area contributed by atoms with Crippen molar-refractivity contribution in [1.82, 2.24) is 15.5 Å². The van der Waals surface area contributed by atoms with Gasteiger partial charge in [-0.05, 0) is 69.4 Å². The molecular weight excluding hydrogens is 286 g/mol. The van der Waals surface area contributed by atoms with Gasteiger partial charge in [0.15, 0.2) is 0 Å². The SMILES string of the molecule is CCN1CCC[C@H]1CNCC(=O)N[C@]1(C)[C@H]2CC[C@H](C2)C1(C)C. The van der Waals surface area contributed by atoms with E-state index in [1.54, 1.807) is 0 Å². The van der Waals surface area contributed by atoms with Gasteiger partial charge in [-0.25, -0.2) is 0 Å². The van der Waals surface area contributed by atoms with Crippen molar-refractivity contribution in [3.63, 3.8) is 0 Å². The van der Waals surface area contributed by atoms with Crippen LogP contribution in [-0.2, 0) is 4.79 Å². The van der Waals surface area contributed by atoms with E-state index in [4.69, 9.17) is 0 Å². The van der Waals surface area contributed by atoms with Crippen LogP contribution in [0.4, 0.5) is 0 Å². The van der Waals surface area contributed by atoms with Crippen LogP contribution in [0.2, 0.25) is 0 Å². The summed E-state index contributed by atoms with van der Waals surface area (Å²) < 4.78 is 0. The molecule has 4 atom stereocenters. The van der Waals surface area contributed by atoms with E-state index in [2.05, 4.69) is 43.2 Å². The van der Waals surface area contributed by atoms with E-state index in [1.807, 2.05) is 0 Å². The van der Waals surface area contributed by atoms with Crippen molar-refractivity contribution in [2.24, 2.45) is 17.3 Å². The Morgan fingerprint density at radius 1 is 1.17 bits per heavy atom. The third kappa shape index (κ3) is 2.93. The first kappa shape index (κ1) is 17.2. The number of nitrogens with zero attached hydrogens (tertiary/aromatic N) is 1. The average Bonchev–Trinajstić information content (AvgIpc) is 3.18. The summed E-state index contributed by atoms with van der Waals surface area (Å²) in [5, 5.41) is 6.81. The highest BCUT2D eigenvalue weighted by molar-refractivity contribution is 5.79. The Morgan fingerprint density at radius 2 is 1.91 bits per heavy atom. The van der Waals surface area contributed by atoms with Crippen molar-refractivity contribution < 1.29 is 4.79 Å². The summed E-state index contributed by atoms with van der Waals surface area (Å²) in [6, 6.07) is 0.613. The molecule has 3 aliphatic rings. The van der Waals surface area contributed by atoms with Crippen molar-refractivity contribution in [2.75, 3.05) is 26.2 Å². The molecule has 3 fully saturated rings. The zero-order valence-corrected chi connectivity index (χ0v) is 15.5. The maximum absolute atomic E-state index is 12.5. The fraction of sp³-hybridized carbons (Fsp3) is 0.947. The molecule has 4 heteroatoms. The third-order valence-electron chi connectivity index (χ3n) is 7.58. The summed E-state index contributed by atoms with van der Waals surface area (Å²) in [6.07, 6.45) is 6.48. The number of hydrogen-bond acceptors (Lipinski definition) is 3. The summed E-state index contributed by atoms with van der Waals surface area (Å²) in [5.41, 5.74) is 0.188. The van der Waals surface area contributed by atoms with Crippen molar-refractivity contribution in [1.29, 1.82) is 0 Å². The highest BCUT2D eigenvalue weighted by Gasteiger charge is 2.60. The van der Waals surface area contributed by atoms with Crippen LogP contribution < -0.4 is 10.6 Å². The van der Waals surface area contributed by atoms with Crippen LogP contribution in [-0.4, -0.2) is 48.6 Å². The molecule has 0 radical (unpaired) electrons. The van der Waals surface area contributed by atoms with Gasteiger partial charge in [-0.15, -0.1) is 0 Å². The van der Waals surface area contributed by atoms with E-state index in [9.17, 15) is 4.79 Å². The first-order valence-corrected chi connectivity index (χ1v) is 9.64. The minimum absolute atomic E-state index is 0.0303. The van der Waals surface area contributed by atoms with Crippen molar-refractivity contribution in [3.05, 3.63) is 0 Å². The minimum Gasteiger partial charge on any atom is -0.349 e. The molecule has 2 bridgehead atoms. The van der Waals surface area contributed by atoms with Gasteiger partial charge in [0.05, 0.1) is 6.54 Å². The maximum atomic E-state index is 12.5. The fourth-order valence-corrected chi connectivity index (χ4v) is 5.60. The first-order chi connectivity index (χ1) is 10.9.